The molecule has 3 N–H and O–H groups in total. The number of nitrogens with one attached hydrogen (secondary N) is 1. The summed E-state index contributed by atoms with van der Waals surface area (Å²) in [6, 6.07) is 8.99. The number of carbonyl (C=O) groups is 2. The molecule has 1 saturated heterocycles. The Bertz CT molecular complexity index is 1190. The van der Waals surface area contributed by atoms with Crippen molar-refractivity contribution < 1.29 is 22.8 Å². The van der Waals surface area contributed by atoms with Gasteiger partial charge in [0.15, 0.2) is 0 Å². The molecule has 10 heteroatoms. The molecule has 1 unspecified atom stereocenters. The van der Waals surface area contributed by atoms with E-state index in [9.17, 15) is 22.8 Å². The standard InChI is InChI=1S/C29H38F3N5O2/c1-4-5-26(27(33)38)37-16-19(2)24-9-7-20(14-22(24)18-37)28(39)34-23-8-6-21(25(15-23)29(30,31)32)17-36-12-10-35(3)11-13-36/h6-9,14-15,19,26H,4-5,10-13,16-18H2,1-3H3,(H2,33,38)(H,34,39)/t19-,26?/m0/s1. The predicted molar refractivity (Wildman–Crippen MR) is 145 cm³/mol. The SMILES string of the molecule is CCCC(C(N)=O)N1Cc2cc(C(=O)Nc3ccc(CN4CCN(C)CC4)c(C(F)(F)F)c3)ccc2[C@@H](C)C1. The highest BCUT2D eigenvalue weighted by molar-refractivity contribution is 6.04. The Balaban J connectivity index is 1.52. The lowest BCUT2D eigenvalue weighted by Crippen LogP contribution is -2.47. The van der Waals surface area contributed by atoms with Gasteiger partial charge in [0.05, 0.1) is 11.6 Å². The van der Waals surface area contributed by atoms with E-state index in [1.165, 1.54) is 12.1 Å². The Hall–Kier alpha value is -2.95. The molecule has 2 aromatic carbocycles. The lowest BCUT2D eigenvalue weighted by atomic mass is 9.88. The maximum Gasteiger partial charge on any atom is 0.416 e. The first-order valence-corrected chi connectivity index (χ1v) is 13.5. The summed E-state index contributed by atoms with van der Waals surface area (Å²) in [4.78, 5) is 31.4. The van der Waals surface area contributed by atoms with Crippen LogP contribution in [0.5, 0.6) is 0 Å². The number of amides is 2. The molecule has 212 valence electrons. The molecule has 2 aromatic rings. The zero-order chi connectivity index (χ0) is 28.3. The van der Waals surface area contributed by atoms with Crippen LogP contribution in [0.2, 0.25) is 0 Å². The molecule has 39 heavy (non-hydrogen) atoms. The van der Waals surface area contributed by atoms with Crippen LogP contribution >= 0.6 is 0 Å². The smallest absolute Gasteiger partial charge is 0.368 e. The zero-order valence-electron chi connectivity index (χ0n) is 22.9. The Kier molecular flexibility index (Phi) is 8.98. The van der Waals surface area contributed by atoms with Crippen LogP contribution in [0.3, 0.4) is 0 Å². The number of nitrogens with two attached hydrogens (primary N) is 1. The average molecular weight is 546 g/mol. The van der Waals surface area contributed by atoms with Gasteiger partial charge >= 0.3 is 6.18 Å². The number of nitrogens with zero attached hydrogens (tertiary/aromatic N) is 3. The van der Waals surface area contributed by atoms with Crippen LogP contribution in [0.25, 0.3) is 0 Å². The maximum atomic E-state index is 14.0. The highest BCUT2D eigenvalue weighted by atomic mass is 19.4. The number of carbonyl (C=O) groups excluding carboxylic acids is 2. The van der Waals surface area contributed by atoms with E-state index in [0.717, 1.165) is 36.7 Å². The Morgan fingerprint density at radius 3 is 2.46 bits per heavy atom. The summed E-state index contributed by atoms with van der Waals surface area (Å²) in [5.41, 5.74) is 7.59. The van der Waals surface area contributed by atoms with E-state index >= 15 is 0 Å². The number of primary amides is 1. The number of piperazine rings is 1. The number of anilines is 1. The van der Waals surface area contributed by atoms with Crippen molar-refractivity contribution in [2.75, 3.05) is 45.1 Å². The fourth-order valence-corrected chi connectivity index (χ4v) is 5.62. The highest BCUT2D eigenvalue weighted by Gasteiger charge is 2.35. The van der Waals surface area contributed by atoms with E-state index in [4.69, 9.17) is 5.73 Å². The van der Waals surface area contributed by atoms with Crippen molar-refractivity contribution in [3.05, 3.63) is 64.2 Å². The second kappa shape index (κ2) is 12.1. The van der Waals surface area contributed by atoms with Gasteiger partial charge in [0, 0.05) is 57.1 Å². The minimum absolute atomic E-state index is 0.0962. The van der Waals surface area contributed by atoms with Gasteiger partial charge in [-0.3, -0.25) is 19.4 Å². The molecule has 2 atom stereocenters. The summed E-state index contributed by atoms with van der Waals surface area (Å²) in [6.07, 6.45) is -3.06. The molecule has 0 bridgehead atoms. The lowest BCUT2D eigenvalue weighted by Gasteiger charge is -2.37. The number of likely N-dealkylation sites (N-methyl/N-ethyl adjacent to an activating group) is 1. The van der Waals surface area contributed by atoms with Crippen molar-refractivity contribution in [1.82, 2.24) is 14.7 Å². The summed E-state index contributed by atoms with van der Waals surface area (Å²) < 4.78 is 41.9. The molecule has 2 heterocycles. The van der Waals surface area contributed by atoms with Gasteiger partial charge in [-0.15, -0.1) is 0 Å². The number of fused-ring (bicyclic) bond motifs is 1. The van der Waals surface area contributed by atoms with Crippen LogP contribution in [0, 0.1) is 0 Å². The first-order valence-electron chi connectivity index (χ1n) is 13.5. The fraction of sp³-hybridized carbons (Fsp3) is 0.517. The molecule has 0 spiro atoms. The van der Waals surface area contributed by atoms with Gasteiger partial charge in [-0.1, -0.05) is 32.4 Å². The van der Waals surface area contributed by atoms with Crippen molar-refractivity contribution in [2.45, 2.75) is 57.9 Å². The Labute approximate surface area is 228 Å². The van der Waals surface area contributed by atoms with Gasteiger partial charge < -0.3 is 16.0 Å². The molecule has 0 aliphatic carbocycles. The van der Waals surface area contributed by atoms with Crippen molar-refractivity contribution in [2.24, 2.45) is 5.73 Å². The van der Waals surface area contributed by atoms with Gasteiger partial charge in [-0.05, 0) is 60.3 Å². The molecule has 0 radical (unpaired) electrons. The van der Waals surface area contributed by atoms with Crippen LogP contribution in [0.4, 0.5) is 18.9 Å². The van der Waals surface area contributed by atoms with Crippen molar-refractivity contribution in [1.29, 1.82) is 0 Å². The van der Waals surface area contributed by atoms with E-state index in [1.54, 1.807) is 12.1 Å². The van der Waals surface area contributed by atoms with E-state index in [1.807, 2.05) is 24.9 Å². The molecule has 2 aliphatic heterocycles. The third-order valence-corrected chi connectivity index (χ3v) is 7.81. The third kappa shape index (κ3) is 6.98. The van der Waals surface area contributed by atoms with Crippen molar-refractivity contribution in [3.63, 3.8) is 0 Å². The molecule has 1 fully saturated rings. The van der Waals surface area contributed by atoms with Crippen molar-refractivity contribution in [3.8, 4) is 0 Å². The maximum absolute atomic E-state index is 14.0. The van der Waals surface area contributed by atoms with Crippen LogP contribution in [0.15, 0.2) is 36.4 Å². The Morgan fingerprint density at radius 2 is 1.82 bits per heavy atom. The molecule has 7 nitrogen and oxygen atoms in total. The van der Waals surface area contributed by atoms with Crippen LogP contribution < -0.4 is 11.1 Å². The molecule has 4 rings (SSSR count). The normalized spacial score (nSPS) is 19.9. The van der Waals surface area contributed by atoms with E-state index < -0.39 is 17.6 Å². The second-order valence-electron chi connectivity index (χ2n) is 10.9. The number of hydrogen-bond donors (Lipinski definition) is 2. The van der Waals surface area contributed by atoms with Crippen molar-refractivity contribution >= 4 is 17.5 Å². The van der Waals surface area contributed by atoms with Crippen LogP contribution in [0.1, 0.15) is 65.2 Å². The van der Waals surface area contributed by atoms with E-state index in [0.29, 0.717) is 38.2 Å². The number of halogens is 3. The minimum atomic E-state index is -4.54. The van der Waals surface area contributed by atoms with Gasteiger partial charge in [-0.2, -0.15) is 13.2 Å². The molecule has 2 amide bonds. The van der Waals surface area contributed by atoms with Gasteiger partial charge in [-0.25, -0.2) is 0 Å². The van der Waals surface area contributed by atoms with Crippen LogP contribution in [-0.4, -0.2) is 72.3 Å². The summed E-state index contributed by atoms with van der Waals surface area (Å²) in [5.74, 6) is -0.702. The summed E-state index contributed by atoms with van der Waals surface area (Å²) >= 11 is 0. The average Bonchev–Trinajstić information content (AvgIpc) is 2.88. The van der Waals surface area contributed by atoms with Gasteiger partial charge in [0.2, 0.25) is 5.91 Å². The number of benzene rings is 2. The second-order valence-corrected chi connectivity index (χ2v) is 10.9. The lowest BCUT2D eigenvalue weighted by molar-refractivity contribution is -0.138. The van der Waals surface area contributed by atoms with Crippen LogP contribution in [-0.2, 0) is 24.1 Å². The van der Waals surface area contributed by atoms with Gasteiger partial charge in [0.25, 0.3) is 5.91 Å². The molecular weight excluding hydrogens is 507 g/mol. The quantitative estimate of drug-likeness (QED) is 0.518. The number of alkyl halides is 3. The monoisotopic (exact) mass is 545 g/mol. The first-order chi connectivity index (χ1) is 18.5. The first kappa shape index (κ1) is 29.0. The fourth-order valence-electron chi connectivity index (χ4n) is 5.62. The molecule has 2 aliphatic rings. The Morgan fingerprint density at radius 1 is 1.10 bits per heavy atom. The summed E-state index contributed by atoms with van der Waals surface area (Å²) in [7, 11) is 2.00. The minimum Gasteiger partial charge on any atom is -0.368 e. The number of hydrogen-bond acceptors (Lipinski definition) is 5. The molecule has 0 saturated carbocycles. The number of rotatable bonds is 8. The van der Waals surface area contributed by atoms with Gasteiger partial charge in [0.1, 0.15) is 0 Å². The zero-order valence-corrected chi connectivity index (χ0v) is 22.9. The molecule has 0 aromatic heterocycles. The largest absolute Gasteiger partial charge is 0.416 e. The topological polar surface area (TPSA) is 81.9 Å². The molecular formula is C29H38F3N5O2. The predicted octanol–water partition coefficient (Wildman–Crippen LogP) is 4.28. The third-order valence-electron chi connectivity index (χ3n) is 7.81. The highest BCUT2D eigenvalue weighted by Crippen LogP contribution is 2.35. The van der Waals surface area contributed by atoms with E-state index in [2.05, 4.69) is 22.0 Å². The van der Waals surface area contributed by atoms with E-state index in [-0.39, 0.29) is 35.7 Å². The summed E-state index contributed by atoms with van der Waals surface area (Å²) in [5, 5.41) is 2.65. The summed E-state index contributed by atoms with van der Waals surface area (Å²) in [6.45, 7) is 8.49.